The van der Waals surface area contributed by atoms with Crippen LogP contribution in [0.5, 0.6) is 0 Å². The minimum atomic E-state index is 0.842. The summed E-state index contributed by atoms with van der Waals surface area (Å²) in [5, 5.41) is 3.45. The molecule has 0 atom stereocenters. The summed E-state index contributed by atoms with van der Waals surface area (Å²) in [5.74, 6) is 0.889. The Labute approximate surface area is 109 Å². The van der Waals surface area contributed by atoms with Crippen LogP contribution in [-0.4, -0.2) is 40.1 Å². The van der Waals surface area contributed by atoms with Gasteiger partial charge in [-0.2, -0.15) is 0 Å². The molecule has 1 aliphatic carbocycles. The Hall–Kier alpha value is -0.870. The van der Waals surface area contributed by atoms with E-state index in [2.05, 4.69) is 26.8 Å². The molecule has 1 aliphatic heterocycles. The Bertz CT molecular complexity index is 377. The standard InChI is InChI=1S/C14H24N4/c1-17-11-16-8-14(17)10-18(13-2-3-13)9-12-4-6-15-7-5-12/h8,11-13,15H,2-7,9-10H2,1H3. The van der Waals surface area contributed by atoms with Gasteiger partial charge in [0.05, 0.1) is 12.0 Å². The average molecular weight is 248 g/mol. The van der Waals surface area contributed by atoms with Crippen molar-refractivity contribution in [2.24, 2.45) is 13.0 Å². The maximum Gasteiger partial charge on any atom is 0.0945 e. The van der Waals surface area contributed by atoms with Crippen LogP contribution in [0.4, 0.5) is 0 Å². The van der Waals surface area contributed by atoms with Gasteiger partial charge >= 0.3 is 0 Å². The van der Waals surface area contributed by atoms with Crippen molar-refractivity contribution in [1.29, 1.82) is 0 Å². The predicted molar refractivity (Wildman–Crippen MR) is 72.2 cm³/mol. The summed E-state index contributed by atoms with van der Waals surface area (Å²) in [6, 6.07) is 0.842. The largest absolute Gasteiger partial charge is 0.337 e. The molecule has 0 bridgehead atoms. The second-order valence-electron chi connectivity index (χ2n) is 5.85. The molecule has 1 N–H and O–H groups in total. The molecular weight excluding hydrogens is 224 g/mol. The first-order valence-electron chi connectivity index (χ1n) is 7.23. The summed E-state index contributed by atoms with van der Waals surface area (Å²) < 4.78 is 2.15. The van der Waals surface area contributed by atoms with Crippen LogP contribution >= 0.6 is 0 Å². The van der Waals surface area contributed by atoms with Crippen molar-refractivity contribution in [2.45, 2.75) is 38.3 Å². The molecule has 100 valence electrons. The SMILES string of the molecule is Cn1cncc1CN(CC1CCNCC1)C1CC1. The van der Waals surface area contributed by atoms with E-state index in [1.807, 2.05) is 12.5 Å². The highest BCUT2D eigenvalue weighted by Gasteiger charge is 2.31. The first kappa shape index (κ1) is 12.2. The molecule has 0 amide bonds. The average Bonchev–Trinajstić information content (AvgIpc) is 3.16. The van der Waals surface area contributed by atoms with Crippen LogP contribution in [0.2, 0.25) is 0 Å². The van der Waals surface area contributed by atoms with Gasteiger partial charge in [0, 0.05) is 32.4 Å². The highest BCUT2D eigenvalue weighted by atomic mass is 15.2. The molecule has 0 radical (unpaired) electrons. The van der Waals surface area contributed by atoms with Crippen molar-refractivity contribution in [3.8, 4) is 0 Å². The number of nitrogens with one attached hydrogen (secondary N) is 1. The summed E-state index contributed by atoms with van der Waals surface area (Å²) in [4.78, 5) is 6.92. The van der Waals surface area contributed by atoms with Gasteiger partial charge in [-0.25, -0.2) is 4.98 Å². The third-order valence-corrected chi connectivity index (χ3v) is 4.30. The van der Waals surface area contributed by atoms with E-state index < -0.39 is 0 Å². The van der Waals surface area contributed by atoms with Crippen molar-refractivity contribution in [3.05, 3.63) is 18.2 Å². The number of hydrogen-bond acceptors (Lipinski definition) is 3. The van der Waals surface area contributed by atoms with E-state index in [0.29, 0.717) is 0 Å². The molecule has 4 heteroatoms. The Morgan fingerprint density at radius 3 is 2.72 bits per heavy atom. The van der Waals surface area contributed by atoms with E-state index in [-0.39, 0.29) is 0 Å². The number of rotatable bonds is 5. The molecule has 1 saturated carbocycles. The van der Waals surface area contributed by atoms with Crippen LogP contribution in [-0.2, 0) is 13.6 Å². The van der Waals surface area contributed by atoms with Gasteiger partial charge in [-0.15, -0.1) is 0 Å². The molecule has 3 rings (SSSR count). The normalized spacial score (nSPS) is 21.7. The molecule has 0 unspecified atom stereocenters. The molecule has 1 aromatic rings. The molecular formula is C14H24N4. The molecule has 0 aromatic carbocycles. The van der Waals surface area contributed by atoms with Gasteiger partial charge in [0.2, 0.25) is 0 Å². The predicted octanol–water partition coefficient (Wildman–Crippen LogP) is 1.38. The Morgan fingerprint density at radius 2 is 2.11 bits per heavy atom. The zero-order valence-corrected chi connectivity index (χ0v) is 11.3. The summed E-state index contributed by atoms with van der Waals surface area (Å²) in [5.41, 5.74) is 1.34. The van der Waals surface area contributed by atoms with Crippen LogP contribution in [0.1, 0.15) is 31.4 Å². The third-order valence-electron chi connectivity index (χ3n) is 4.30. The molecule has 1 saturated heterocycles. The lowest BCUT2D eigenvalue weighted by Gasteiger charge is -2.30. The minimum Gasteiger partial charge on any atom is -0.337 e. The van der Waals surface area contributed by atoms with Crippen LogP contribution in [0.3, 0.4) is 0 Å². The number of aromatic nitrogens is 2. The van der Waals surface area contributed by atoms with Crippen molar-refractivity contribution in [3.63, 3.8) is 0 Å². The molecule has 18 heavy (non-hydrogen) atoms. The Morgan fingerprint density at radius 1 is 1.33 bits per heavy atom. The highest BCUT2D eigenvalue weighted by molar-refractivity contribution is 5.00. The maximum atomic E-state index is 4.23. The van der Waals surface area contributed by atoms with Crippen molar-refractivity contribution in [2.75, 3.05) is 19.6 Å². The van der Waals surface area contributed by atoms with E-state index in [1.165, 1.54) is 51.0 Å². The summed E-state index contributed by atoms with van der Waals surface area (Å²) in [6.45, 7) is 4.76. The van der Waals surface area contributed by atoms with E-state index in [0.717, 1.165) is 18.5 Å². The van der Waals surface area contributed by atoms with E-state index in [9.17, 15) is 0 Å². The molecule has 0 spiro atoms. The fourth-order valence-corrected chi connectivity index (χ4v) is 2.92. The smallest absolute Gasteiger partial charge is 0.0945 e. The van der Waals surface area contributed by atoms with Gasteiger partial charge in [0.1, 0.15) is 0 Å². The molecule has 2 aliphatic rings. The van der Waals surface area contributed by atoms with Gasteiger partial charge in [0.15, 0.2) is 0 Å². The van der Waals surface area contributed by atoms with Crippen LogP contribution in [0.25, 0.3) is 0 Å². The second kappa shape index (κ2) is 5.41. The van der Waals surface area contributed by atoms with Crippen LogP contribution in [0.15, 0.2) is 12.5 Å². The van der Waals surface area contributed by atoms with Crippen molar-refractivity contribution < 1.29 is 0 Å². The Kier molecular flexibility index (Phi) is 3.66. The van der Waals surface area contributed by atoms with Gasteiger partial charge in [0.25, 0.3) is 0 Å². The summed E-state index contributed by atoms with van der Waals surface area (Å²) in [6.07, 6.45) is 9.39. The quantitative estimate of drug-likeness (QED) is 0.854. The fraction of sp³-hybridized carbons (Fsp3) is 0.786. The van der Waals surface area contributed by atoms with Gasteiger partial charge < -0.3 is 9.88 Å². The van der Waals surface area contributed by atoms with Crippen LogP contribution < -0.4 is 5.32 Å². The summed E-state index contributed by atoms with van der Waals surface area (Å²) >= 11 is 0. The lowest BCUT2D eigenvalue weighted by molar-refractivity contribution is 0.187. The fourth-order valence-electron chi connectivity index (χ4n) is 2.92. The number of hydrogen-bond donors (Lipinski definition) is 1. The summed E-state index contributed by atoms with van der Waals surface area (Å²) in [7, 11) is 2.10. The van der Waals surface area contributed by atoms with Crippen LogP contribution in [0, 0.1) is 5.92 Å². The number of imidazole rings is 1. The number of piperidine rings is 1. The minimum absolute atomic E-state index is 0.842. The van der Waals surface area contributed by atoms with Crippen molar-refractivity contribution in [1.82, 2.24) is 19.8 Å². The van der Waals surface area contributed by atoms with Crippen molar-refractivity contribution >= 4 is 0 Å². The number of nitrogens with zero attached hydrogens (tertiary/aromatic N) is 3. The van der Waals surface area contributed by atoms with Gasteiger partial charge in [-0.05, 0) is 44.7 Å². The molecule has 1 aromatic heterocycles. The number of aryl methyl sites for hydroxylation is 1. The maximum absolute atomic E-state index is 4.23. The third kappa shape index (κ3) is 2.93. The zero-order valence-electron chi connectivity index (χ0n) is 11.3. The second-order valence-corrected chi connectivity index (χ2v) is 5.85. The first-order chi connectivity index (χ1) is 8.83. The monoisotopic (exact) mass is 248 g/mol. The Balaban J connectivity index is 1.59. The van der Waals surface area contributed by atoms with E-state index in [1.54, 1.807) is 0 Å². The van der Waals surface area contributed by atoms with Gasteiger partial charge in [-0.1, -0.05) is 0 Å². The lowest BCUT2D eigenvalue weighted by atomic mass is 9.97. The van der Waals surface area contributed by atoms with E-state index in [4.69, 9.17) is 0 Å². The molecule has 2 heterocycles. The lowest BCUT2D eigenvalue weighted by Crippen LogP contribution is -2.37. The van der Waals surface area contributed by atoms with Gasteiger partial charge in [-0.3, -0.25) is 4.90 Å². The van der Waals surface area contributed by atoms with E-state index >= 15 is 0 Å². The first-order valence-corrected chi connectivity index (χ1v) is 7.23. The molecule has 4 nitrogen and oxygen atoms in total. The molecule has 2 fully saturated rings. The zero-order chi connectivity index (χ0) is 12.4. The highest BCUT2D eigenvalue weighted by Crippen LogP contribution is 2.30. The topological polar surface area (TPSA) is 33.1 Å².